The summed E-state index contributed by atoms with van der Waals surface area (Å²) in [6.45, 7) is 9.32. The van der Waals surface area contributed by atoms with Gasteiger partial charge in [-0.3, -0.25) is 9.69 Å². The summed E-state index contributed by atoms with van der Waals surface area (Å²) in [5.74, 6) is -0.802. The molecule has 5 nitrogen and oxygen atoms in total. The zero-order chi connectivity index (χ0) is 45.6. The summed E-state index contributed by atoms with van der Waals surface area (Å²) in [6, 6.07) is 67.3. The van der Waals surface area contributed by atoms with Crippen LogP contribution in [0.5, 0.6) is 0 Å². The van der Waals surface area contributed by atoms with Gasteiger partial charge >= 0.3 is 6.03 Å². The molecule has 0 spiro atoms. The van der Waals surface area contributed by atoms with Gasteiger partial charge in [-0.2, -0.15) is 0 Å². The molecule has 3 amide bonds. The van der Waals surface area contributed by atoms with E-state index in [1.165, 1.54) is 49.4 Å². The third kappa shape index (κ3) is 6.29. The fraction of sp³-hybridized carbons (Fsp3) is 0.129. The number of anilines is 5. The molecule has 0 aromatic heterocycles. The van der Waals surface area contributed by atoms with Crippen LogP contribution in [0, 0.1) is 5.92 Å². The molecule has 0 saturated carbocycles. The van der Waals surface area contributed by atoms with Crippen molar-refractivity contribution in [1.29, 1.82) is 0 Å². The number of para-hydroxylation sites is 1. The van der Waals surface area contributed by atoms with Gasteiger partial charge in [0.05, 0.1) is 23.0 Å². The Morgan fingerprint density at radius 2 is 1.01 bits per heavy atom. The number of hydrogen-bond donors (Lipinski definition) is 0. The molecule has 5 heteroatoms. The van der Waals surface area contributed by atoms with E-state index in [2.05, 4.69) is 160 Å². The molecule has 67 heavy (non-hydrogen) atoms. The van der Waals surface area contributed by atoms with Gasteiger partial charge in [0.1, 0.15) is 0 Å². The summed E-state index contributed by atoms with van der Waals surface area (Å²) in [5.41, 5.74) is 19.5. The Balaban J connectivity index is 0.942. The Bertz CT molecular complexity index is 3360. The van der Waals surface area contributed by atoms with Gasteiger partial charge in [-0.25, -0.2) is 9.69 Å². The van der Waals surface area contributed by atoms with Gasteiger partial charge in [0.2, 0.25) is 5.91 Å². The predicted molar refractivity (Wildman–Crippen MR) is 274 cm³/mol. The van der Waals surface area contributed by atoms with Gasteiger partial charge < -0.3 is 4.90 Å². The number of nitrogens with zero attached hydrogens (tertiary/aromatic N) is 3. The Kier molecular flexibility index (Phi) is 9.24. The van der Waals surface area contributed by atoms with Crippen LogP contribution in [0.2, 0.25) is 0 Å². The average molecular weight is 868 g/mol. The van der Waals surface area contributed by atoms with Crippen molar-refractivity contribution in [3.05, 3.63) is 240 Å². The van der Waals surface area contributed by atoms with Crippen LogP contribution in [-0.4, -0.2) is 11.9 Å². The summed E-state index contributed by atoms with van der Waals surface area (Å²) in [5, 5.41) is 0. The molecule has 0 N–H and O–H groups in total. The molecule has 1 fully saturated rings. The molecular formula is C62H49N3O2. The number of rotatable bonds is 7. The van der Waals surface area contributed by atoms with Gasteiger partial charge in [-0.1, -0.05) is 173 Å². The normalized spacial score (nSPS) is 17.2. The first kappa shape index (κ1) is 40.5. The lowest BCUT2D eigenvalue weighted by molar-refractivity contribution is -0.120. The fourth-order valence-electron chi connectivity index (χ4n) is 11.3. The van der Waals surface area contributed by atoms with E-state index in [1.807, 2.05) is 78.9 Å². The largest absolute Gasteiger partial charge is 0.340 e. The number of carbonyl (C=O) groups is 2. The van der Waals surface area contributed by atoms with Crippen molar-refractivity contribution in [2.45, 2.75) is 44.9 Å². The molecule has 0 bridgehead atoms. The first-order chi connectivity index (χ1) is 32.6. The van der Waals surface area contributed by atoms with Crippen LogP contribution in [0.3, 0.4) is 0 Å². The number of benzene rings is 8. The van der Waals surface area contributed by atoms with Crippen LogP contribution >= 0.6 is 0 Å². The second-order valence-electron chi connectivity index (χ2n) is 19.2. The summed E-state index contributed by atoms with van der Waals surface area (Å²) in [6.07, 6.45) is 4.50. The Labute approximate surface area is 392 Å². The van der Waals surface area contributed by atoms with Gasteiger partial charge in [-0.05, 0) is 128 Å². The third-order valence-electron chi connectivity index (χ3n) is 14.8. The zero-order valence-corrected chi connectivity index (χ0v) is 38.1. The minimum Gasteiger partial charge on any atom is -0.310 e. The van der Waals surface area contributed by atoms with Crippen LogP contribution in [0.1, 0.15) is 61.9 Å². The van der Waals surface area contributed by atoms with Gasteiger partial charge in [0.25, 0.3) is 0 Å². The van der Waals surface area contributed by atoms with Crippen molar-refractivity contribution in [2.75, 3.05) is 14.7 Å². The number of hydrogen-bond acceptors (Lipinski definition) is 3. The van der Waals surface area contributed by atoms with E-state index in [0.29, 0.717) is 17.8 Å². The van der Waals surface area contributed by atoms with Crippen molar-refractivity contribution in [3.8, 4) is 33.4 Å². The standard InChI is InChI=1S/C62H49N3O2/c1-61(2)52-22-13-11-20-48(52)50-39-47(35-36-54(50)61)63(57-25-15-24-55-58(57)49-21-12-14-23-53(49)62(55,3)4)45-31-28-42(29-32-45)43-30-37-56-51(38-43)59(66)65(60(67)64(56)44-18-9-6-10-19-44)46-33-26-41(27-34-46)40-16-7-5-8-17-40/h5-37,39,51H,38H2,1-4H3. The molecule has 0 radical (unpaired) electrons. The predicted octanol–water partition coefficient (Wildman–Crippen LogP) is 15.4. The van der Waals surface area contributed by atoms with Crippen LogP contribution in [-0.2, 0) is 15.6 Å². The summed E-state index contributed by atoms with van der Waals surface area (Å²) in [7, 11) is 0. The van der Waals surface area contributed by atoms with Crippen molar-refractivity contribution in [3.63, 3.8) is 0 Å². The third-order valence-corrected chi connectivity index (χ3v) is 14.8. The lowest BCUT2D eigenvalue weighted by atomic mass is 9.82. The zero-order valence-electron chi connectivity index (χ0n) is 38.1. The number of fused-ring (bicyclic) bond motifs is 7. The molecule has 8 aromatic carbocycles. The second-order valence-corrected chi connectivity index (χ2v) is 19.2. The van der Waals surface area contributed by atoms with E-state index >= 15 is 0 Å². The maximum atomic E-state index is 14.8. The summed E-state index contributed by atoms with van der Waals surface area (Å²) >= 11 is 0. The fourth-order valence-corrected chi connectivity index (χ4v) is 11.3. The molecule has 1 saturated heterocycles. The smallest absolute Gasteiger partial charge is 0.310 e. The first-order valence-electron chi connectivity index (χ1n) is 23.3. The molecule has 1 atom stereocenters. The van der Waals surface area contributed by atoms with E-state index in [0.717, 1.165) is 45.0 Å². The van der Waals surface area contributed by atoms with Crippen LogP contribution in [0.15, 0.2) is 212 Å². The highest BCUT2D eigenvalue weighted by Gasteiger charge is 2.46. The number of carbonyl (C=O) groups excluding carboxylic acids is 2. The Hall–Kier alpha value is -8.02. The van der Waals surface area contributed by atoms with E-state index in [9.17, 15) is 9.59 Å². The number of allylic oxidation sites excluding steroid dienone is 3. The Morgan fingerprint density at radius 1 is 0.463 bits per heavy atom. The Morgan fingerprint density at radius 3 is 1.75 bits per heavy atom. The van der Waals surface area contributed by atoms with Crippen LogP contribution in [0.25, 0.3) is 39.0 Å². The maximum Gasteiger partial charge on any atom is 0.340 e. The van der Waals surface area contributed by atoms with Crippen LogP contribution < -0.4 is 14.7 Å². The molecule has 1 unspecified atom stereocenters. The van der Waals surface area contributed by atoms with Crippen molar-refractivity contribution >= 4 is 45.9 Å². The molecule has 1 aliphatic heterocycles. The average Bonchev–Trinajstić information content (AvgIpc) is 3.74. The van der Waals surface area contributed by atoms with Crippen molar-refractivity contribution < 1.29 is 9.59 Å². The molecular weight excluding hydrogens is 819 g/mol. The molecule has 12 rings (SSSR count). The van der Waals surface area contributed by atoms with E-state index < -0.39 is 5.92 Å². The van der Waals surface area contributed by atoms with Gasteiger partial charge in [-0.15, -0.1) is 0 Å². The highest BCUT2D eigenvalue weighted by molar-refractivity contribution is 6.25. The quantitative estimate of drug-likeness (QED) is 0.160. The molecule has 324 valence electrons. The van der Waals surface area contributed by atoms with E-state index in [1.54, 1.807) is 4.90 Å². The molecule has 1 heterocycles. The number of urea groups is 1. The molecule has 8 aromatic rings. The second kappa shape index (κ2) is 15.3. The topological polar surface area (TPSA) is 43.9 Å². The minimum absolute atomic E-state index is 0.106. The van der Waals surface area contributed by atoms with E-state index in [4.69, 9.17) is 0 Å². The SMILES string of the molecule is CC1(C)c2ccccc2-c2cc(N(c3ccc(C4=CC=C5C(C4)C(=O)N(c4ccc(-c6ccccc6)cc4)C(=O)N5c4ccccc4)cc3)c3cccc4c3-c3ccccc3C4(C)C)ccc21. The first-order valence-corrected chi connectivity index (χ1v) is 23.3. The lowest BCUT2D eigenvalue weighted by Crippen LogP contribution is -2.56. The van der Waals surface area contributed by atoms with E-state index in [-0.39, 0.29) is 22.8 Å². The lowest BCUT2D eigenvalue weighted by Gasteiger charge is -2.42. The monoisotopic (exact) mass is 867 g/mol. The number of amides is 3. The van der Waals surface area contributed by atoms with Gasteiger partial charge in [0, 0.05) is 33.5 Å². The highest BCUT2D eigenvalue weighted by Crippen LogP contribution is 2.56. The van der Waals surface area contributed by atoms with Gasteiger partial charge in [0.15, 0.2) is 0 Å². The molecule has 4 aliphatic rings. The minimum atomic E-state index is -0.572. The summed E-state index contributed by atoms with van der Waals surface area (Å²) in [4.78, 5) is 34.8. The van der Waals surface area contributed by atoms with Crippen molar-refractivity contribution in [1.82, 2.24) is 0 Å². The highest BCUT2D eigenvalue weighted by atomic mass is 16.2. The van der Waals surface area contributed by atoms with Crippen molar-refractivity contribution in [2.24, 2.45) is 5.92 Å². The number of imide groups is 1. The molecule has 3 aliphatic carbocycles. The summed E-state index contributed by atoms with van der Waals surface area (Å²) < 4.78 is 0. The van der Waals surface area contributed by atoms with Crippen LogP contribution in [0.4, 0.5) is 33.2 Å². The maximum absolute atomic E-state index is 14.8.